The number of ether oxygens (including phenoxy) is 1. The molecular weight excluding hydrogens is 255 g/mol. The molecular formula is C16H23FN2O. The number of rotatable bonds is 3. The molecule has 2 N–H and O–H groups in total. The van der Waals surface area contributed by atoms with Crippen molar-refractivity contribution in [3.8, 4) is 5.75 Å². The van der Waals surface area contributed by atoms with Gasteiger partial charge in [0.2, 0.25) is 0 Å². The summed E-state index contributed by atoms with van der Waals surface area (Å²) in [4.78, 5) is 2.49. The molecule has 110 valence electrons. The zero-order chi connectivity index (χ0) is 14.3. The van der Waals surface area contributed by atoms with E-state index in [1.165, 1.54) is 25.0 Å². The molecule has 0 amide bonds. The normalized spacial score (nSPS) is 31.3. The molecule has 0 radical (unpaired) electrons. The predicted octanol–water partition coefficient (Wildman–Crippen LogP) is 2.71. The molecule has 2 aliphatic heterocycles. The molecule has 20 heavy (non-hydrogen) atoms. The minimum absolute atomic E-state index is 0.141. The van der Waals surface area contributed by atoms with Crippen molar-refractivity contribution < 1.29 is 9.13 Å². The van der Waals surface area contributed by atoms with E-state index in [1.54, 1.807) is 13.2 Å². The van der Waals surface area contributed by atoms with E-state index in [2.05, 4.69) is 11.9 Å². The first-order valence-corrected chi connectivity index (χ1v) is 7.41. The third-order valence-corrected chi connectivity index (χ3v) is 5.19. The van der Waals surface area contributed by atoms with Crippen LogP contribution >= 0.6 is 0 Å². The monoisotopic (exact) mass is 278 g/mol. The lowest BCUT2D eigenvalue weighted by atomic mass is 9.82. The van der Waals surface area contributed by atoms with E-state index in [4.69, 9.17) is 10.5 Å². The fourth-order valence-corrected chi connectivity index (χ4v) is 3.97. The van der Waals surface area contributed by atoms with Crippen LogP contribution in [0.25, 0.3) is 0 Å². The lowest BCUT2D eigenvalue weighted by Gasteiger charge is -2.39. The molecule has 2 heterocycles. The van der Waals surface area contributed by atoms with Crippen LogP contribution in [0.2, 0.25) is 0 Å². The van der Waals surface area contributed by atoms with E-state index in [0.717, 1.165) is 18.4 Å². The molecule has 2 bridgehead atoms. The molecule has 2 fully saturated rings. The molecule has 3 unspecified atom stereocenters. The number of nitrogens with zero attached hydrogens (tertiary/aromatic N) is 1. The van der Waals surface area contributed by atoms with E-state index in [1.807, 2.05) is 0 Å². The molecule has 0 aliphatic carbocycles. The summed E-state index contributed by atoms with van der Waals surface area (Å²) in [5, 5.41) is 0. The topological polar surface area (TPSA) is 38.5 Å². The Bertz CT molecular complexity index is 479. The Morgan fingerprint density at radius 2 is 1.95 bits per heavy atom. The lowest BCUT2D eigenvalue weighted by Crippen LogP contribution is -2.42. The Kier molecular flexibility index (Phi) is 3.69. The van der Waals surface area contributed by atoms with Crippen molar-refractivity contribution in [2.75, 3.05) is 14.2 Å². The summed E-state index contributed by atoms with van der Waals surface area (Å²) >= 11 is 0. The van der Waals surface area contributed by atoms with E-state index >= 15 is 0 Å². The van der Waals surface area contributed by atoms with Gasteiger partial charge in [-0.25, -0.2) is 4.39 Å². The van der Waals surface area contributed by atoms with Gasteiger partial charge in [0.05, 0.1) is 7.11 Å². The van der Waals surface area contributed by atoms with Gasteiger partial charge < -0.3 is 15.4 Å². The molecule has 4 heteroatoms. The van der Waals surface area contributed by atoms with E-state index in [9.17, 15) is 4.39 Å². The van der Waals surface area contributed by atoms with E-state index in [0.29, 0.717) is 23.8 Å². The van der Waals surface area contributed by atoms with Crippen molar-refractivity contribution in [2.24, 2.45) is 11.7 Å². The highest BCUT2D eigenvalue weighted by atomic mass is 19.1. The summed E-state index contributed by atoms with van der Waals surface area (Å²) in [6.07, 6.45) is 4.75. The van der Waals surface area contributed by atoms with Gasteiger partial charge in [0, 0.05) is 23.7 Å². The SMILES string of the molecule is COc1ccc(F)cc1C(N)C1CC2CCC(C1)N2C. The smallest absolute Gasteiger partial charge is 0.123 e. The van der Waals surface area contributed by atoms with Gasteiger partial charge in [-0.1, -0.05) is 0 Å². The second-order valence-corrected chi connectivity index (χ2v) is 6.19. The molecule has 2 saturated heterocycles. The maximum atomic E-state index is 13.5. The molecule has 2 aliphatic rings. The van der Waals surface area contributed by atoms with Gasteiger partial charge in [-0.2, -0.15) is 0 Å². The van der Waals surface area contributed by atoms with Gasteiger partial charge in [0.1, 0.15) is 11.6 Å². The van der Waals surface area contributed by atoms with Gasteiger partial charge in [0.15, 0.2) is 0 Å². The number of halogens is 1. The van der Waals surface area contributed by atoms with Gasteiger partial charge in [-0.05, 0) is 56.8 Å². The molecule has 0 spiro atoms. The van der Waals surface area contributed by atoms with Crippen LogP contribution < -0.4 is 10.5 Å². The Morgan fingerprint density at radius 3 is 2.55 bits per heavy atom. The van der Waals surface area contributed by atoms with Gasteiger partial charge in [0.25, 0.3) is 0 Å². The summed E-state index contributed by atoms with van der Waals surface area (Å²) < 4.78 is 18.9. The zero-order valence-corrected chi connectivity index (χ0v) is 12.2. The first kappa shape index (κ1) is 13.8. The molecule has 1 aromatic rings. The fraction of sp³-hybridized carbons (Fsp3) is 0.625. The number of benzene rings is 1. The van der Waals surface area contributed by atoms with Crippen molar-refractivity contribution in [2.45, 2.75) is 43.8 Å². The highest BCUT2D eigenvalue weighted by Gasteiger charge is 2.40. The number of fused-ring (bicyclic) bond motifs is 2. The number of hydrogen-bond acceptors (Lipinski definition) is 3. The zero-order valence-electron chi connectivity index (χ0n) is 12.2. The van der Waals surface area contributed by atoms with E-state index in [-0.39, 0.29) is 11.9 Å². The van der Waals surface area contributed by atoms with Gasteiger partial charge in [-0.3, -0.25) is 0 Å². The molecule has 3 rings (SSSR count). The largest absolute Gasteiger partial charge is 0.496 e. The van der Waals surface area contributed by atoms with Crippen molar-refractivity contribution >= 4 is 0 Å². The number of piperidine rings is 1. The highest BCUT2D eigenvalue weighted by molar-refractivity contribution is 5.37. The predicted molar refractivity (Wildman–Crippen MR) is 77.2 cm³/mol. The quantitative estimate of drug-likeness (QED) is 0.924. The first-order valence-electron chi connectivity index (χ1n) is 7.41. The van der Waals surface area contributed by atoms with Crippen LogP contribution in [0.15, 0.2) is 18.2 Å². The van der Waals surface area contributed by atoms with Crippen LogP contribution in [0.4, 0.5) is 4.39 Å². The van der Waals surface area contributed by atoms with Crippen LogP contribution in [0.5, 0.6) is 5.75 Å². The average Bonchev–Trinajstić information content (AvgIpc) is 2.68. The minimum atomic E-state index is -0.243. The van der Waals surface area contributed by atoms with Crippen LogP contribution in [0.1, 0.15) is 37.3 Å². The summed E-state index contributed by atoms with van der Waals surface area (Å²) in [5.41, 5.74) is 7.25. The maximum absolute atomic E-state index is 13.5. The Morgan fingerprint density at radius 1 is 1.30 bits per heavy atom. The van der Waals surface area contributed by atoms with Crippen LogP contribution in [0.3, 0.4) is 0 Å². The highest BCUT2D eigenvalue weighted by Crippen LogP contribution is 2.43. The number of methoxy groups -OCH3 is 1. The lowest BCUT2D eigenvalue weighted by molar-refractivity contribution is 0.120. The van der Waals surface area contributed by atoms with E-state index < -0.39 is 0 Å². The fourth-order valence-electron chi connectivity index (χ4n) is 3.97. The number of nitrogens with two attached hydrogens (primary N) is 1. The molecule has 3 atom stereocenters. The molecule has 3 nitrogen and oxygen atoms in total. The van der Waals surface area contributed by atoms with Crippen molar-refractivity contribution in [3.05, 3.63) is 29.6 Å². The van der Waals surface area contributed by atoms with Crippen LogP contribution in [-0.4, -0.2) is 31.1 Å². The summed E-state index contributed by atoms with van der Waals surface area (Å²) in [6, 6.07) is 5.77. The number of hydrogen-bond donors (Lipinski definition) is 1. The standard InChI is InChI=1S/C16H23FN2O/c1-19-12-4-5-13(19)8-10(7-12)16(18)14-9-11(17)3-6-15(14)20-2/h3,6,9-10,12-13,16H,4-5,7-8,18H2,1-2H3. The van der Waals surface area contributed by atoms with Crippen molar-refractivity contribution in [1.82, 2.24) is 4.90 Å². The van der Waals surface area contributed by atoms with Crippen molar-refractivity contribution in [3.63, 3.8) is 0 Å². The summed E-state index contributed by atoms with van der Waals surface area (Å²) in [6.45, 7) is 0. The average molecular weight is 278 g/mol. The third-order valence-electron chi connectivity index (χ3n) is 5.19. The minimum Gasteiger partial charge on any atom is -0.496 e. The molecule has 1 aromatic carbocycles. The first-order chi connectivity index (χ1) is 9.60. The van der Waals surface area contributed by atoms with Crippen LogP contribution in [-0.2, 0) is 0 Å². The summed E-state index contributed by atoms with van der Waals surface area (Å²) in [7, 11) is 3.83. The second-order valence-electron chi connectivity index (χ2n) is 6.19. The summed E-state index contributed by atoms with van der Waals surface area (Å²) in [5.74, 6) is 0.872. The van der Waals surface area contributed by atoms with Gasteiger partial charge in [-0.15, -0.1) is 0 Å². The Balaban J connectivity index is 1.83. The Hall–Kier alpha value is -1.13. The maximum Gasteiger partial charge on any atom is 0.123 e. The Labute approximate surface area is 119 Å². The van der Waals surface area contributed by atoms with Gasteiger partial charge >= 0.3 is 0 Å². The van der Waals surface area contributed by atoms with Crippen LogP contribution in [0, 0.1) is 11.7 Å². The second kappa shape index (κ2) is 5.34. The van der Waals surface area contributed by atoms with Crippen molar-refractivity contribution in [1.29, 1.82) is 0 Å². The molecule has 0 aromatic heterocycles. The molecule has 0 saturated carbocycles. The third kappa shape index (κ3) is 2.31.